The Hall–Kier alpha value is -1.42. The van der Waals surface area contributed by atoms with E-state index in [-0.39, 0.29) is 5.91 Å². The van der Waals surface area contributed by atoms with Crippen LogP contribution in [-0.2, 0) is 11.3 Å². The van der Waals surface area contributed by atoms with Crippen molar-refractivity contribution in [3.05, 3.63) is 30.1 Å². The molecule has 0 atom stereocenters. The van der Waals surface area contributed by atoms with Crippen LogP contribution in [-0.4, -0.2) is 28.9 Å². The van der Waals surface area contributed by atoms with Gasteiger partial charge in [0.15, 0.2) is 0 Å². The van der Waals surface area contributed by atoms with Crippen LogP contribution < -0.4 is 5.73 Å². The van der Waals surface area contributed by atoms with E-state index in [0.29, 0.717) is 19.6 Å². The minimum atomic E-state index is -0.509. The molecule has 0 fully saturated rings. The summed E-state index contributed by atoms with van der Waals surface area (Å²) >= 11 is 0. The summed E-state index contributed by atoms with van der Waals surface area (Å²) in [6.07, 6.45) is 1.74. The first-order valence-electron chi connectivity index (χ1n) is 5.90. The zero-order chi connectivity index (χ0) is 12.9. The first-order valence-corrected chi connectivity index (χ1v) is 5.90. The van der Waals surface area contributed by atoms with Gasteiger partial charge in [-0.25, -0.2) is 0 Å². The van der Waals surface area contributed by atoms with E-state index >= 15 is 0 Å². The molecular formula is C13H21N3O. The third-order valence-electron chi connectivity index (χ3n) is 2.84. The number of hydrogen-bond acceptors (Lipinski definition) is 3. The lowest BCUT2D eigenvalue weighted by atomic mass is 9.92. The van der Waals surface area contributed by atoms with Crippen LogP contribution in [0.2, 0.25) is 0 Å². The van der Waals surface area contributed by atoms with E-state index < -0.39 is 5.41 Å². The maximum Gasteiger partial charge on any atom is 0.229 e. The average molecular weight is 235 g/mol. The molecule has 1 amide bonds. The standard InChI is InChI=1S/C13H21N3O/c1-4-16(12(17)13(2,3)10-14)9-11-7-5-6-8-15-11/h5-8H,4,9-10,14H2,1-3H3. The molecule has 0 saturated carbocycles. The highest BCUT2D eigenvalue weighted by molar-refractivity contribution is 5.82. The van der Waals surface area contributed by atoms with Crippen LogP contribution in [0, 0.1) is 5.41 Å². The van der Waals surface area contributed by atoms with E-state index in [0.717, 1.165) is 5.69 Å². The predicted octanol–water partition coefficient (Wildman–Crippen LogP) is 1.41. The summed E-state index contributed by atoms with van der Waals surface area (Å²) in [4.78, 5) is 18.3. The number of nitrogens with zero attached hydrogens (tertiary/aromatic N) is 2. The molecule has 94 valence electrons. The SMILES string of the molecule is CCN(Cc1ccccn1)C(=O)C(C)(C)CN. The number of carbonyl (C=O) groups is 1. The first-order chi connectivity index (χ1) is 8.01. The fourth-order valence-electron chi connectivity index (χ4n) is 1.53. The summed E-state index contributed by atoms with van der Waals surface area (Å²) in [5.74, 6) is 0.0770. The lowest BCUT2D eigenvalue weighted by molar-refractivity contribution is -0.140. The highest BCUT2D eigenvalue weighted by Gasteiger charge is 2.30. The monoisotopic (exact) mass is 235 g/mol. The summed E-state index contributed by atoms with van der Waals surface area (Å²) in [6, 6.07) is 5.71. The maximum atomic E-state index is 12.2. The second-order valence-corrected chi connectivity index (χ2v) is 4.73. The number of aromatic nitrogens is 1. The van der Waals surface area contributed by atoms with Crippen LogP contribution in [0.4, 0.5) is 0 Å². The number of hydrogen-bond donors (Lipinski definition) is 1. The number of pyridine rings is 1. The molecule has 0 aromatic carbocycles. The maximum absolute atomic E-state index is 12.2. The van der Waals surface area contributed by atoms with Gasteiger partial charge in [-0.05, 0) is 32.9 Å². The van der Waals surface area contributed by atoms with Crippen LogP contribution in [0.5, 0.6) is 0 Å². The van der Waals surface area contributed by atoms with Gasteiger partial charge in [-0.3, -0.25) is 9.78 Å². The molecule has 0 aliphatic carbocycles. The van der Waals surface area contributed by atoms with Crippen LogP contribution in [0.1, 0.15) is 26.5 Å². The Morgan fingerprint density at radius 2 is 2.18 bits per heavy atom. The summed E-state index contributed by atoms with van der Waals surface area (Å²) in [6.45, 7) is 7.27. The molecule has 0 spiro atoms. The van der Waals surface area contributed by atoms with Crippen LogP contribution in [0.25, 0.3) is 0 Å². The van der Waals surface area contributed by atoms with E-state index in [1.807, 2.05) is 39.0 Å². The van der Waals surface area contributed by atoms with Crippen LogP contribution in [0.15, 0.2) is 24.4 Å². The van der Waals surface area contributed by atoms with Crippen molar-refractivity contribution in [1.29, 1.82) is 0 Å². The van der Waals surface area contributed by atoms with Gasteiger partial charge < -0.3 is 10.6 Å². The molecule has 4 heteroatoms. The van der Waals surface area contributed by atoms with Crippen molar-refractivity contribution in [1.82, 2.24) is 9.88 Å². The Morgan fingerprint density at radius 1 is 1.47 bits per heavy atom. The molecule has 0 saturated heterocycles. The third-order valence-corrected chi connectivity index (χ3v) is 2.84. The molecule has 0 aliphatic rings. The normalized spacial score (nSPS) is 11.3. The smallest absolute Gasteiger partial charge is 0.229 e. The van der Waals surface area contributed by atoms with E-state index in [4.69, 9.17) is 5.73 Å². The van der Waals surface area contributed by atoms with Gasteiger partial charge in [0.25, 0.3) is 0 Å². The van der Waals surface area contributed by atoms with E-state index in [9.17, 15) is 4.79 Å². The van der Waals surface area contributed by atoms with E-state index in [1.54, 1.807) is 11.1 Å². The van der Waals surface area contributed by atoms with Gasteiger partial charge in [0, 0.05) is 19.3 Å². The molecule has 0 radical (unpaired) electrons. The van der Waals surface area contributed by atoms with Gasteiger partial charge >= 0.3 is 0 Å². The van der Waals surface area contributed by atoms with Crippen LogP contribution in [0.3, 0.4) is 0 Å². The van der Waals surface area contributed by atoms with Crippen molar-refractivity contribution in [2.24, 2.45) is 11.1 Å². The highest BCUT2D eigenvalue weighted by Crippen LogP contribution is 2.18. The lowest BCUT2D eigenvalue weighted by Gasteiger charge is -2.30. The fourth-order valence-corrected chi connectivity index (χ4v) is 1.53. The average Bonchev–Trinajstić information content (AvgIpc) is 2.36. The molecule has 4 nitrogen and oxygen atoms in total. The minimum absolute atomic E-state index is 0.0770. The zero-order valence-corrected chi connectivity index (χ0v) is 10.8. The number of amides is 1. The number of rotatable bonds is 5. The highest BCUT2D eigenvalue weighted by atomic mass is 16.2. The molecule has 0 bridgehead atoms. The summed E-state index contributed by atoms with van der Waals surface area (Å²) in [7, 11) is 0. The molecule has 0 unspecified atom stereocenters. The molecule has 1 aromatic rings. The first kappa shape index (κ1) is 13.6. The predicted molar refractivity (Wildman–Crippen MR) is 68.2 cm³/mol. The van der Waals surface area contributed by atoms with Crippen molar-refractivity contribution in [3.8, 4) is 0 Å². The van der Waals surface area contributed by atoms with Gasteiger partial charge in [0.1, 0.15) is 0 Å². The van der Waals surface area contributed by atoms with E-state index in [2.05, 4.69) is 4.98 Å². The molecule has 1 rings (SSSR count). The molecule has 1 heterocycles. The van der Waals surface area contributed by atoms with Crippen molar-refractivity contribution < 1.29 is 4.79 Å². The molecule has 0 aliphatic heterocycles. The van der Waals surface area contributed by atoms with E-state index in [1.165, 1.54) is 0 Å². The Bertz CT molecular complexity index is 362. The third kappa shape index (κ3) is 3.53. The minimum Gasteiger partial charge on any atom is -0.337 e. The molecule has 17 heavy (non-hydrogen) atoms. The summed E-state index contributed by atoms with van der Waals surface area (Å²) < 4.78 is 0. The Morgan fingerprint density at radius 3 is 2.65 bits per heavy atom. The second kappa shape index (κ2) is 5.77. The quantitative estimate of drug-likeness (QED) is 0.839. The fraction of sp³-hybridized carbons (Fsp3) is 0.538. The van der Waals surface area contributed by atoms with Crippen molar-refractivity contribution in [3.63, 3.8) is 0 Å². The Balaban J connectivity index is 2.76. The van der Waals surface area contributed by atoms with Crippen molar-refractivity contribution >= 4 is 5.91 Å². The molecular weight excluding hydrogens is 214 g/mol. The largest absolute Gasteiger partial charge is 0.337 e. The second-order valence-electron chi connectivity index (χ2n) is 4.73. The van der Waals surface area contributed by atoms with Gasteiger partial charge in [0.2, 0.25) is 5.91 Å². The van der Waals surface area contributed by atoms with Gasteiger partial charge in [0.05, 0.1) is 17.7 Å². The molecule has 1 aromatic heterocycles. The zero-order valence-electron chi connectivity index (χ0n) is 10.8. The van der Waals surface area contributed by atoms with Gasteiger partial charge in [-0.2, -0.15) is 0 Å². The Kier molecular flexibility index (Phi) is 4.63. The number of nitrogens with two attached hydrogens (primary N) is 1. The number of carbonyl (C=O) groups excluding carboxylic acids is 1. The molecule has 2 N–H and O–H groups in total. The van der Waals surface area contributed by atoms with Gasteiger partial charge in [-0.15, -0.1) is 0 Å². The summed E-state index contributed by atoms with van der Waals surface area (Å²) in [5.41, 5.74) is 6.02. The topological polar surface area (TPSA) is 59.2 Å². The van der Waals surface area contributed by atoms with Gasteiger partial charge in [-0.1, -0.05) is 6.07 Å². The summed E-state index contributed by atoms with van der Waals surface area (Å²) in [5, 5.41) is 0. The lowest BCUT2D eigenvalue weighted by Crippen LogP contribution is -2.44. The van der Waals surface area contributed by atoms with Crippen molar-refractivity contribution in [2.75, 3.05) is 13.1 Å². The van der Waals surface area contributed by atoms with Crippen LogP contribution >= 0.6 is 0 Å². The Labute approximate surface area is 103 Å². The van der Waals surface area contributed by atoms with Crippen molar-refractivity contribution in [2.45, 2.75) is 27.3 Å².